The Labute approximate surface area is 123 Å². The quantitative estimate of drug-likeness (QED) is 0.619. The molecular weight excluding hydrogens is 307 g/mol. The lowest BCUT2D eigenvalue weighted by molar-refractivity contribution is -0.139. The Morgan fingerprint density at radius 3 is 2.45 bits per heavy atom. The number of nitrogens with two attached hydrogens (primary N) is 1. The van der Waals surface area contributed by atoms with Crippen molar-refractivity contribution in [2.45, 2.75) is 16.8 Å². The second-order valence-corrected chi connectivity index (χ2v) is 5.56. The number of hydrogen-bond acceptors (Lipinski definition) is 2. The first-order chi connectivity index (χ1) is 9.38. The minimum absolute atomic E-state index is 0.0967. The van der Waals surface area contributed by atoms with Gasteiger partial charge in [0, 0.05) is 21.4 Å². The summed E-state index contributed by atoms with van der Waals surface area (Å²) in [6.07, 6.45) is -4.42. The molecule has 2 aromatic rings. The Hall–Kier alpha value is -1.33. The highest BCUT2D eigenvalue weighted by Gasteiger charge is 2.33. The van der Waals surface area contributed by atoms with Gasteiger partial charge in [0.05, 0.1) is 5.56 Å². The van der Waals surface area contributed by atoms with Crippen molar-refractivity contribution in [1.29, 1.82) is 0 Å². The van der Waals surface area contributed by atoms with Gasteiger partial charge in [-0.3, -0.25) is 0 Å². The lowest BCUT2D eigenvalue weighted by atomic mass is 10.2. The molecule has 0 heterocycles. The Kier molecular flexibility index (Phi) is 4.50. The molecule has 0 saturated heterocycles. The number of benzene rings is 2. The largest absolute Gasteiger partial charge is 0.417 e. The molecule has 0 fully saturated rings. The summed E-state index contributed by atoms with van der Waals surface area (Å²) in [7, 11) is 0. The van der Waals surface area contributed by atoms with Gasteiger partial charge >= 0.3 is 6.18 Å². The number of halogens is 4. The Bertz CT molecular complexity index is 614. The third kappa shape index (κ3) is 3.61. The van der Waals surface area contributed by atoms with E-state index in [1.54, 1.807) is 24.3 Å². The van der Waals surface area contributed by atoms with Crippen molar-refractivity contribution >= 4 is 29.1 Å². The molecule has 0 spiro atoms. The number of alkyl halides is 3. The van der Waals surface area contributed by atoms with E-state index in [9.17, 15) is 13.2 Å². The van der Waals surface area contributed by atoms with Crippen LogP contribution in [0.15, 0.2) is 47.4 Å². The number of anilines is 1. The molecule has 0 unspecified atom stereocenters. The number of rotatable bonds is 3. The standard InChI is InChI=1S/C14H11ClF3NS/c15-12-4-2-1-3-9(12)8-20-13-6-5-10(19)7-11(13)14(16,17)18/h1-7H,8,19H2. The number of hydrogen-bond donors (Lipinski definition) is 1. The van der Waals surface area contributed by atoms with Crippen LogP contribution < -0.4 is 5.73 Å². The van der Waals surface area contributed by atoms with Crippen LogP contribution >= 0.6 is 23.4 Å². The first kappa shape index (κ1) is 15.1. The Morgan fingerprint density at radius 2 is 1.80 bits per heavy atom. The van der Waals surface area contributed by atoms with Gasteiger partial charge < -0.3 is 5.73 Å². The first-order valence-electron chi connectivity index (χ1n) is 5.71. The molecule has 6 heteroatoms. The average molecular weight is 318 g/mol. The van der Waals surface area contributed by atoms with Crippen molar-refractivity contribution in [2.75, 3.05) is 5.73 Å². The van der Waals surface area contributed by atoms with E-state index in [2.05, 4.69) is 0 Å². The highest BCUT2D eigenvalue weighted by atomic mass is 35.5. The molecule has 20 heavy (non-hydrogen) atoms. The third-order valence-corrected chi connectivity index (χ3v) is 4.14. The van der Waals surface area contributed by atoms with Gasteiger partial charge in [-0.15, -0.1) is 11.8 Å². The summed E-state index contributed by atoms with van der Waals surface area (Å²) < 4.78 is 38.8. The molecule has 2 N–H and O–H groups in total. The minimum atomic E-state index is -4.42. The monoisotopic (exact) mass is 317 g/mol. The molecule has 0 saturated carbocycles. The summed E-state index contributed by atoms with van der Waals surface area (Å²) in [5.74, 6) is 0.368. The lowest BCUT2D eigenvalue weighted by Gasteiger charge is -2.13. The smallest absolute Gasteiger partial charge is 0.399 e. The fourth-order valence-corrected chi connectivity index (χ4v) is 3.00. The predicted molar refractivity (Wildman–Crippen MR) is 76.9 cm³/mol. The van der Waals surface area contributed by atoms with Gasteiger partial charge in [0.25, 0.3) is 0 Å². The first-order valence-corrected chi connectivity index (χ1v) is 7.07. The third-order valence-electron chi connectivity index (χ3n) is 2.65. The van der Waals surface area contributed by atoms with E-state index in [4.69, 9.17) is 17.3 Å². The van der Waals surface area contributed by atoms with E-state index in [1.807, 2.05) is 0 Å². The van der Waals surface area contributed by atoms with Crippen LogP contribution in [0.5, 0.6) is 0 Å². The Balaban J connectivity index is 2.24. The minimum Gasteiger partial charge on any atom is -0.399 e. The normalized spacial score (nSPS) is 11.6. The second-order valence-electron chi connectivity index (χ2n) is 4.13. The van der Waals surface area contributed by atoms with Gasteiger partial charge in [0.15, 0.2) is 0 Å². The zero-order valence-electron chi connectivity index (χ0n) is 10.2. The predicted octanol–water partition coefficient (Wildman–Crippen LogP) is 5.23. The van der Waals surface area contributed by atoms with E-state index in [-0.39, 0.29) is 10.6 Å². The van der Waals surface area contributed by atoms with E-state index in [0.717, 1.165) is 23.4 Å². The second kappa shape index (κ2) is 5.97. The van der Waals surface area contributed by atoms with Crippen molar-refractivity contribution in [1.82, 2.24) is 0 Å². The molecule has 0 radical (unpaired) electrons. The van der Waals surface area contributed by atoms with Crippen LogP contribution in [-0.4, -0.2) is 0 Å². The van der Waals surface area contributed by atoms with E-state index in [0.29, 0.717) is 10.8 Å². The summed E-state index contributed by atoms with van der Waals surface area (Å²) in [6.45, 7) is 0. The Morgan fingerprint density at radius 1 is 1.10 bits per heavy atom. The fraction of sp³-hybridized carbons (Fsp3) is 0.143. The van der Waals surface area contributed by atoms with Crippen molar-refractivity contribution in [3.63, 3.8) is 0 Å². The maximum Gasteiger partial charge on any atom is 0.417 e. The molecular formula is C14H11ClF3NS. The summed E-state index contributed by atoms with van der Waals surface area (Å²) in [4.78, 5) is 0.145. The van der Waals surface area contributed by atoms with Crippen molar-refractivity contribution in [2.24, 2.45) is 0 Å². The maximum atomic E-state index is 12.9. The molecule has 1 nitrogen and oxygen atoms in total. The van der Waals surface area contributed by atoms with E-state index >= 15 is 0 Å². The van der Waals surface area contributed by atoms with Crippen molar-refractivity contribution in [3.05, 3.63) is 58.6 Å². The van der Waals surface area contributed by atoms with Crippen LogP contribution in [0.1, 0.15) is 11.1 Å². The number of thioether (sulfide) groups is 1. The van der Waals surface area contributed by atoms with Gasteiger partial charge in [-0.1, -0.05) is 29.8 Å². The summed E-state index contributed by atoms with van der Waals surface area (Å²) >= 11 is 7.08. The summed E-state index contributed by atoms with van der Waals surface area (Å²) in [5, 5.41) is 0.545. The van der Waals surface area contributed by atoms with Crippen molar-refractivity contribution in [3.8, 4) is 0 Å². The van der Waals surface area contributed by atoms with Crippen LogP contribution in [-0.2, 0) is 11.9 Å². The van der Waals surface area contributed by atoms with Gasteiger partial charge in [0.2, 0.25) is 0 Å². The molecule has 0 atom stereocenters. The van der Waals surface area contributed by atoms with Crippen LogP contribution in [0.25, 0.3) is 0 Å². The highest BCUT2D eigenvalue weighted by molar-refractivity contribution is 7.98. The molecule has 0 bridgehead atoms. The molecule has 106 valence electrons. The molecule has 2 rings (SSSR count). The van der Waals surface area contributed by atoms with E-state index < -0.39 is 11.7 Å². The fourth-order valence-electron chi connectivity index (χ4n) is 1.67. The van der Waals surface area contributed by atoms with Crippen LogP contribution in [0.3, 0.4) is 0 Å². The zero-order chi connectivity index (χ0) is 14.8. The van der Waals surface area contributed by atoms with Crippen LogP contribution in [0.2, 0.25) is 5.02 Å². The molecule has 0 amide bonds. The zero-order valence-corrected chi connectivity index (χ0v) is 11.8. The molecule has 0 aliphatic carbocycles. The van der Waals surface area contributed by atoms with Gasteiger partial charge in [-0.05, 0) is 29.8 Å². The topological polar surface area (TPSA) is 26.0 Å². The molecule has 2 aromatic carbocycles. The molecule has 0 aromatic heterocycles. The maximum absolute atomic E-state index is 12.9. The molecule has 0 aliphatic heterocycles. The SMILES string of the molecule is Nc1ccc(SCc2ccccc2Cl)c(C(F)(F)F)c1. The lowest BCUT2D eigenvalue weighted by Crippen LogP contribution is -2.07. The van der Waals surface area contributed by atoms with E-state index in [1.165, 1.54) is 12.1 Å². The van der Waals surface area contributed by atoms with Gasteiger partial charge in [0.1, 0.15) is 0 Å². The average Bonchev–Trinajstić information content (AvgIpc) is 2.38. The van der Waals surface area contributed by atoms with Crippen LogP contribution in [0, 0.1) is 0 Å². The van der Waals surface area contributed by atoms with Gasteiger partial charge in [-0.25, -0.2) is 0 Å². The summed E-state index contributed by atoms with van der Waals surface area (Å²) in [5.41, 5.74) is 5.60. The number of nitrogen functional groups attached to an aromatic ring is 1. The summed E-state index contributed by atoms with van der Waals surface area (Å²) in [6, 6.07) is 10.9. The van der Waals surface area contributed by atoms with Crippen molar-refractivity contribution < 1.29 is 13.2 Å². The molecule has 0 aliphatic rings. The van der Waals surface area contributed by atoms with Gasteiger partial charge in [-0.2, -0.15) is 13.2 Å². The highest BCUT2D eigenvalue weighted by Crippen LogP contribution is 2.39. The van der Waals surface area contributed by atoms with Crippen LogP contribution in [0.4, 0.5) is 18.9 Å².